The number of carbonyl (C=O) groups is 3. The second kappa shape index (κ2) is 58.3. The van der Waals surface area contributed by atoms with E-state index in [4.69, 9.17) is 14.2 Å². The van der Waals surface area contributed by atoms with Crippen molar-refractivity contribution in [2.24, 2.45) is 0 Å². The van der Waals surface area contributed by atoms with E-state index in [-0.39, 0.29) is 44.0 Å². The summed E-state index contributed by atoms with van der Waals surface area (Å²) in [6.07, 6.45) is 86.2. The number of esters is 3. The number of carbonyl (C=O) groups excluding carboxylic acids is 3. The van der Waals surface area contributed by atoms with Crippen molar-refractivity contribution < 1.29 is 28.6 Å². The van der Waals surface area contributed by atoms with Gasteiger partial charge in [0.05, 0.1) is 0 Å². The van der Waals surface area contributed by atoms with E-state index in [0.29, 0.717) is 19.3 Å². The molecule has 0 rings (SSSR count). The monoisotopic (exact) mass is 989 g/mol. The van der Waals surface area contributed by atoms with Crippen LogP contribution < -0.4 is 0 Å². The average Bonchev–Trinajstić information content (AvgIpc) is 3.38. The van der Waals surface area contributed by atoms with Crippen LogP contribution in [-0.4, -0.2) is 37.2 Å². The number of unbranched alkanes of at least 4 members (excludes halogenated alkanes) is 16. The fraction of sp³-hybridized carbons (Fsp3) is 0.530. The maximum atomic E-state index is 12.9. The van der Waals surface area contributed by atoms with E-state index in [1.165, 1.54) is 44.9 Å². The lowest BCUT2D eigenvalue weighted by molar-refractivity contribution is -0.167. The van der Waals surface area contributed by atoms with Crippen LogP contribution in [0.3, 0.4) is 0 Å². The van der Waals surface area contributed by atoms with Crippen molar-refractivity contribution in [3.8, 4) is 0 Å². The Morgan fingerprint density at radius 3 is 1.03 bits per heavy atom. The van der Waals surface area contributed by atoms with Gasteiger partial charge in [-0.15, -0.1) is 0 Å². The van der Waals surface area contributed by atoms with Crippen LogP contribution in [0.1, 0.15) is 207 Å². The smallest absolute Gasteiger partial charge is 0.306 e. The van der Waals surface area contributed by atoms with Crippen molar-refractivity contribution >= 4 is 17.9 Å². The molecule has 1 unspecified atom stereocenters. The summed E-state index contributed by atoms with van der Waals surface area (Å²) in [5, 5.41) is 0. The van der Waals surface area contributed by atoms with Gasteiger partial charge in [-0.1, -0.05) is 249 Å². The number of ether oxygens (including phenoxy) is 3. The highest BCUT2D eigenvalue weighted by Gasteiger charge is 2.19. The van der Waals surface area contributed by atoms with Gasteiger partial charge in [0.2, 0.25) is 0 Å². The lowest BCUT2D eigenvalue weighted by Gasteiger charge is -2.18. The van der Waals surface area contributed by atoms with Gasteiger partial charge in [0.1, 0.15) is 13.2 Å². The summed E-state index contributed by atoms with van der Waals surface area (Å²) in [5.41, 5.74) is 0. The molecule has 0 aliphatic carbocycles. The number of allylic oxidation sites excluding steroid dienone is 28. The molecule has 1 atom stereocenters. The fourth-order valence-electron chi connectivity index (χ4n) is 6.97. The van der Waals surface area contributed by atoms with Crippen LogP contribution in [-0.2, 0) is 28.6 Å². The first-order valence-electron chi connectivity index (χ1n) is 28.3. The molecule has 0 saturated heterocycles. The highest BCUT2D eigenvalue weighted by Crippen LogP contribution is 2.12. The van der Waals surface area contributed by atoms with Crippen molar-refractivity contribution in [3.63, 3.8) is 0 Å². The molecule has 0 N–H and O–H groups in total. The Balaban J connectivity index is 4.64. The van der Waals surface area contributed by atoms with Crippen molar-refractivity contribution in [3.05, 3.63) is 170 Å². The minimum absolute atomic E-state index is 0.129. The van der Waals surface area contributed by atoms with Gasteiger partial charge < -0.3 is 14.2 Å². The molecule has 6 nitrogen and oxygen atoms in total. The zero-order valence-electron chi connectivity index (χ0n) is 45.6. The topological polar surface area (TPSA) is 78.9 Å². The largest absolute Gasteiger partial charge is 0.462 e. The number of hydrogen-bond acceptors (Lipinski definition) is 6. The van der Waals surface area contributed by atoms with Crippen LogP contribution in [0.15, 0.2) is 170 Å². The molecule has 0 heterocycles. The highest BCUT2D eigenvalue weighted by atomic mass is 16.6. The van der Waals surface area contributed by atoms with Crippen molar-refractivity contribution in [1.82, 2.24) is 0 Å². The average molecular weight is 990 g/mol. The number of rotatable bonds is 48. The molecule has 0 radical (unpaired) electrons. The molecule has 0 aliphatic rings. The van der Waals surface area contributed by atoms with Crippen LogP contribution in [0.25, 0.3) is 0 Å². The Kier molecular flexibility index (Phi) is 54.1. The van der Waals surface area contributed by atoms with Crippen LogP contribution in [0.2, 0.25) is 0 Å². The lowest BCUT2D eigenvalue weighted by atomic mass is 10.1. The van der Waals surface area contributed by atoms with Crippen molar-refractivity contribution in [1.29, 1.82) is 0 Å². The zero-order chi connectivity index (χ0) is 52.2. The maximum Gasteiger partial charge on any atom is 0.306 e. The molecule has 400 valence electrons. The highest BCUT2D eigenvalue weighted by molar-refractivity contribution is 5.71. The third kappa shape index (κ3) is 55.7. The second-order valence-electron chi connectivity index (χ2n) is 17.9. The molecular formula is C66H100O6. The summed E-state index contributed by atoms with van der Waals surface area (Å²) in [4.78, 5) is 38.2. The minimum atomic E-state index is -0.836. The first kappa shape index (κ1) is 66.8. The maximum absolute atomic E-state index is 12.9. The van der Waals surface area contributed by atoms with Gasteiger partial charge in [0.15, 0.2) is 6.10 Å². The standard InChI is InChI=1S/C66H100O6/c1-4-7-10-13-16-19-22-25-28-31-33-35-38-41-44-47-50-53-56-59-65(68)71-62-63(61-70-64(67)58-55-52-49-46-43-40-37-30-27-24-21-18-15-12-9-6-3)72-66(69)60-57-54-51-48-45-42-39-36-34-32-29-26-23-20-17-14-11-8-5-2/h7-8,10-11,13,16-17,19-20,22,25-26,28-31,33-38,40-45,63H,4-6,9,12,14-15,18,21,23-24,27,32,39,46-62H2,1-3H3/b10-7-,11-8-,16-13-,20-17-,22-19-,28-25-,29-26-,33-31+,36-34-,37-30-,38-35-,43-40-,44-41-,45-42-. The van der Waals surface area contributed by atoms with E-state index in [1.807, 2.05) is 72.9 Å². The quantitative estimate of drug-likeness (QED) is 0.0199. The third-order valence-corrected chi connectivity index (χ3v) is 11.2. The second-order valence-corrected chi connectivity index (χ2v) is 17.9. The lowest BCUT2D eigenvalue weighted by Crippen LogP contribution is -2.30. The molecule has 72 heavy (non-hydrogen) atoms. The van der Waals surface area contributed by atoms with Gasteiger partial charge in [-0.05, 0) is 109 Å². The zero-order valence-corrected chi connectivity index (χ0v) is 45.6. The molecule has 0 saturated carbocycles. The van der Waals surface area contributed by atoms with Crippen LogP contribution in [0, 0.1) is 0 Å². The summed E-state index contributed by atoms with van der Waals surface area (Å²) in [5.74, 6) is -1.04. The van der Waals surface area contributed by atoms with Gasteiger partial charge in [0.25, 0.3) is 0 Å². The SMILES string of the molecule is CC\C=C/C=C\C=C/C=C\C=C\C=C/C=C\CCCCCC(=O)OCC(COC(=O)CCCCC/C=C\C=C/CCCCCCCCC)OC(=O)CCCCC/C=C\C/C=C\C/C=C\C/C=C\C/C=C\CC. The molecular weight excluding hydrogens is 889 g/mol. The Hall–Kier alpha value is -5.23. The normalized spacial score (nSPS) is 13.4. The molecule has 0 aliphatic heterocycles. The molecule has 0 bridgehead atoms. The minimum Gasteiger partial charge on any atom is -0.462 e. The van der Waals surface area contributed by atoms with E-state index in [0.717, 1.165) is 109 Å². The van der Waals surface area contributed by atoms with Crippen molar-refractivity contribution in [2.45, 2.75) is 213 Å². The van der Waals surface area contributed by atoms with Crippen LogP contribution in [0.4, 0.5) is 0 Å². The summed E-state index contributed by atoms with van der Waals surface area (Å²) in [6, 6.07) is 0. The van der Waals surface area contributed by atoms with Gasteiger partial charge in [-0.3, -0.25) is 14.4 Å². The predicted molar refractivity (Wildman–Crippen MR) is 311 cm³/mol. The first-order valence-corrected chi connectivity index (χ1v) is 28.3. The summed E-state index contributed by atoms with van der Waals surface area (Å²) >= 11 is 0. The Bertz CT molecular complexity index is 1700. The molecule has 0 aromatic rings. The molecule has 0 spiro atoms. The van der Waals surface area contributed by atoms with Gasteiger partial charge >= 0.3 is 17.9 Å². The molecule has 0 aromatic heterocycles. The van der Waals surface area contributed by atoms with E-state index >= 15 is 0 Å². The molecule has 0 aromatic carbocycles. The number of hydrogen-bond donors (Lipinski definition) is 0. The van der Waals surface area contributed by atoms with Crippen LogP contribution in [0.5, 0.6) is 0 Å². The Morgan fingerprint density at radius 1 is 0.306 bits per heavy atom. The van der Waals surface area contributed by atoms with E-state index < -0.39 is 6.10 Å². The van der Waals surface area contributed by atoms with Gasteiger partial charge in [0, 0.05) is 19.3 Å². The first-order chi connectivity index (χ1) is 35.5. The Labute approximate surface area is 441 Å². The van der Waals surface area contributed by atoms with Gasteiger partial charge in [-0.25, -0.2) is 0 Å². The van der Waals surface area contributed by atoms with Crippen molar-refractivity contribution in [2.75, 3.05) is 13.2 Å². The summed E-state index contributed by atoms with van der Waals surface area (Å²) < 4.78 is 16.8. The van der Waals surface area contributed by atoms with Gasteiger partial charge in [-0.2, -0.15) is 0 Å². The fourth-order valence-corrected chi connectivity index (χ4v) is 6.97. The predicted octanol–water partition coefficient (Wildman–Crippen LogP) is 19.1. The summed E-state index contributed by atoms with van der Waals surface area (Å²) in [7, 11) is 0. The molecule has 0 amide bonds. The van der Waals surface area contributed by atoms with E-state index in [9.17, 15) is 14.4 Å². The van der Waals surface area contributed by atoms with E-state index in [2.05, 4.69) is 118 Å². The molecule has 0 fully saturated rings. The summed E-state index contributed by atoms with van der Waals surface area (Å²) in [6.45, 7) is 6.26. The molecule has 6 heteroatoms. The van der Waals surface area contributed by atoms with E-state index in [1.54, 1.807) is 0 Å². The van der Waals surface area contributed by atoms with Crippen LogP contribution >= 0.6 is 0 Å². The third-order valence-electron chi connectivity index (χ3n) is 11.2. The Morgan fingerprint density at radius 2 is 0.611 bits per heavy atom.